The Bertz CT molecular complexity index is 1830. The van der Waals surface area contributed by atoms with Crippen LogP contribution < -0.4 is 11.1 Å². The van der Waals surface area contributed by atoms with Crippen molar-refractivity contribution < 1.29 is 4.42 Å². The number of furan rings is 1. The number of aromatic amines is 1. The Morgan fingerprint density at radius 3 is 2.66 bits per heavy atom. The first-order valence-corrected chi connectivity index (χ1v) is 11.7. The molecule has 11 nitrogen and oxygen atoms in total. The van der Waals surface area contributed by atoms with E-state index in [9.17, 15) is 9.59 Å². The fourth-order valence-corrected chi connectivity index (χ4v) is 4.80. The van der Waals surface area contributed by atoms with Crippen molar-refractivity contribution >= 4 is 33.8 Å². The number of hydrogen-bond donors (Lipinski definition) is 1. The van der Waals surface area contributed by atoms with Gasteiger partial charge in [0.15, 0.2) is 5.69 Å². The van der Waals surface area contributed by atoms with E-state index in [1.54, 1.807) is 15.4 Å². The van der Waals surface area contributed by atoms with Crippen molar-refractivity contribution in [1.82, 2.24) is 39.5 Å². The summed E-state index contributed by atoms with van der Waals surface area (Å²) in [5.74, 6) is 0.726. The lowest BCUT2D eigenvalue weighted by Gasteiger charge is -2.07. The van der Waals surface area contributed by atoms with E-state index >= 15 is 0 Å². The van der Waals surface area contributed by atoms with Crippen LogP contribution >= 0.6 is 11.8 Å². The van der Waals surface area contributed by atoms with E-state index in [0.29, 0.717) is 33.5 Å². The Labute approximate surface area is 201 Å². The molecule has 6 rings (SSSR count). The molecule has 12 heteroatoms. The number of nitrogens with one attached hydrogen (secondary N) is 1. The van der Waals surface area contributed by atoms with Crippen LogP contribution in [0.15, 0.2) is 73.8 Å². The van der Waals surface area contributed by atoms with E-state index in [2.05, 4.69) is 25.5 Å². The van der Waals surface area contributed by atoms with Crippen molar-refractivity contribution in [2.45, 2.75) is 17.8 Å². The molecule has 0 saturated carbocycles. The highest BCUT2D eigenvalue weighted by Crippen LogP contribution is 2.26. The number of para-hydroxylation sites is 2. The first kappa shape index (κ1) is 21.1. The quantitative estimate of drug-likeness (QED) is 0.368. The number of fused-ring (bicyclic) bond motifs is 3. The van der Waals surface area contributed by atoms with Gasteiger partial charge in [0, 0.05) is 12.4 Å². The second-order valence-electron chi connectivity index (χ2n) is 7.86. The molecule has 0 spiro atoms. The average Bonchev–Trinajstić information content (AvgIpc) is 3.54. The van der Waals surface area contributed by atoms with Crippen molar-refractivity contribution in [2.75, 3.05) is 0 Å². The van der Waals surface area contributed by atoms with Crippen LogP contribution in [0, 0.1) is 6.92 Å². The lowest BCUT2D eigenvalue weighted by Crippen LogP contribution is -2.22. The average molecular weight is 487 g/mol. The third-order valence-electron chi connectivity index (χ3n) is 5.79. The fraction of sp³-hybridized carbons (Fsp3) is 0.130. The summed E-state index contributed by atoms with van der Waals surface area (Å²) >= 11 is 1.26. The van der Waals surface area contributed by atoms with Crippen molar-refractivity contribution in [3.8, 4) is 11.4 Å². The van der Waals surface area contributed by atoms with E-state index < -0.39 is 0 Å². The lowest BCUT2D eigenvalue weighted by atomic mass is 10.2. The normalized spacial score (nSPS) is 11.6. The Hall–Kier alpha value is -4.45. The van der Waals surface area contributed by atoms with Crippen LogP contribution in [0.25, 0.3) is 33.4 Å². The number of thioether (sulfide) groups is 1. The molecule has 35 heavy (non-hydrogen) atoms. The molecule has 0 saturated heterocycles. The molecule has 4 aromatic heterocycles. The second-order valence-corrected chi connectivity index (χ2v) is 8.80. The van der Waals surface area contributed by atoms with E-state index in [-0.39, 0.29) is 22.5 Å². The van der Waals surface area contributed by atoms with Crippen molar-refractivity contribution in [3.63, 3.8) is 0 Å². The van der Waals surface area contributed by atoms with Gasteiger partial charge in [-0.1, -0.05) is 42.1 Å². The van der Waals surface area contributed by atoms with Crippen LogP contribution in [-0.4, -0.2) is 39.5 Å². The van der Waals surface area contributed by atoms with Crippen molar-refractivity contribution in [1.29, 1.82) is 0 Å². The van der Waals surface area contributed by atoms with Gasteiger partial charge in [-0.25, -0.2) is 9.67 Å². The molecular formula is C23H18N8O3S. The summed E-state index contributed by atoms with van der Waals surface area (Å²) in [6.45, 7) is 1.84. The smallest absolute Gasteiger partial charge is 0.297 e. The number of benzene rings is 2. The summed E-state index contributed by atoms with van der Waals surface area (Å²) in [4.78, 5) is 33.3. The molecule has 0 unspecified atom stereocenters. The molecule has 0 aliphatic rings. The highest BCUT2D eigenvalue weighted by atomic mass is 32.2. The molecular weight excluding hydrogens is 468 g/mol. The summed E-state index contributed by atoms with van der Waals surface area (Å²) in [5.41, 5.74) is 2.47. The van der Waals surface area contributed by atoms with Crippen molar-refractivity contribution in [2.24, 2.45) is 7.05 Å². The van der Waals surface area contributed by atoms with E-state index in [0.717, 1.165) is 11.1 Å². The minimum absolute atomic E-state index is 0.186. The maximum absolute atomic E-state index is 13.4. The standard InChI is InChI=1S/C23H18N8O3S/c1-13-19(22(33)31(29(13)2)14-8-4-3-5-9-14)30-23(26-27-28-30)35-12-17-24-18-15-10-6-7-11-16(15)34-20(18)21(32)25-17/h3-11H,12H2,1-2H3,(H,24,25,32). The van der Waals surface area contributed by atoms with Gasteiger partial charge in [0.1, 0.15) is 16.9 Å². The van der Waals surface area contributed by atoms with E-state index in [1.165, 1.54) is 16.4 Å². The zero-order chi connectivity index (χ0) is 24.1. The van der Waals surface area contributed by atoms with Crippen LogP contribution in [0.4, 0.5) is 0 Å². The monoisotopic (exact) mass is 486 g/mol. The van der Waals surface area contributed by atoms with Crippen LogP contribution in [0.3, 0.4) is 0 Å². The largest absolute Gasteiger partial charge is 0.449 e. The minimum atomic E-state index is -0.356. The summed E-state index contributed by atoms with van der Waals surface area (Å²) in [6.07, 6.45) is 0. The number of nitrogens with zero attached hydrogens (tertiary/aromatic N) is 7. The van der Waals surface area contributed by atoms with Crippen LogP contribution in [0.5, 0.6) is 0 Å². The van der Waals surface area contributed by atoms with Crippen LogP contribution in [-0.2, 0) is 12.8 Å². The van der Waals surface area contributed by atoms with E-state index in [1.807, 2.05) is 62.5 Å². The third kappa shape index (κ3) is 3.37. The number of rotatable bonds is 5. The van der Waals surface area contributed by atoms with Gasteiger partial charge >= 0.3 is 0 Å². The highest BCUT2D eigenvalue weighted by molar-refractivity contribution is 7.98. The molecule has 1 N–H and O–H groups in total. The summed E-state index contributed by atoms with van der Waals surface area (Å²) in [5, 5.41) is 13.1. The molecule has 0 radical (unpaired) electrons. The molecule has 0 bridgehead atoms. The Kier molecular flexibility index (Phi) is 4.88. The number of hydrogen-bond acceptors (Lipinski definition) is 8. The fourth-order valence-electron chi connectivity index (χ4n) is 4.06. The Morgan fingerprint density at radius 2 is 1.83 bits per heavy atom. The van der Waals surface area contributed by atoms with Gasteiger partial charge in [0.2, 0.25) is 10.7 Å². The molecule has 0 atom stereocenters. The molecule has 0 aliphatic heterocycles. The van der Waals surface area contributed by atoms with Gasteiger partial charge in [-0.2, -0.15) is 4.68 Å². The highest BCUT2D eigenvalue weighted by Gasteiger charge is 2.22. The molecule has 4 heterocycles. The van der Waals surface area contributed by atoms with Gasteiger partial charge < -0.3 is 9.40 Å². The maximum atomic E-state index is 13.4. The SMILES string of the molecule is Cc1c(-n2nnnc2SCc2nc3c(oc4ccccc43)c(=O)[nH]2)c(=O)n(-c2ccccc2)n1C. The number of tetrazole rings is 1. The maximum Gasteiger partial charge on any atom is 0.297 e. The first-order chi connectivity index (χ1) is 17.0. The summed E-state index contributed by atoms with van der Waals surface area (Å²) in [6, 6.07) is 16.7. The van der Waals surface area contributed by atoms with Crippen LogP contribution in [0.2, 0.25) is 0 Å². The van der Waals surface area contributed by atoms with Gasteiger partial charge in [-0.15, -0.1) is 5.10 Å². The molecule has 0 aliphatic carbocycles. The van der Waals surface area contributed by atoms with Gasteiger partial charge in [-0.05, 0) is 41.6 Å². The Morgan fingerprint density at radius 1 is 1.06 bits per heavy atom. The second kappa shape index (κ2) is 8.09. The zero-order valence-corrected chi connectivity index (χ0v) is 19.5. The molecule has 174 valence electrons. The molecule has 0 fully saturated rings. The lowest BCUT2D eigenvalue weighted by molar-refractivity contribution is 0.630. The minimum Gasteiger partial charge on any atom is -0.449 e. The molecule has 2 aromatic carbocycles. The third-order valence-corrected chi connectivity index (χ3v) is 6.73. The van der Waals surface area contributed by atoms with Gasteiger partial charge in [0.05, 0.1) is 17.1 Å². The number of aromatic nitrogens is 8. The first-order valence-electron chi connectivity index (χ1n) is 10.7. The summed E-state index contributed by atoms with van der Waals surface area (Å²) < 4.78 is 10.4. The number of H-pyrrole nitrogens is 1. The Balaban J connectivity index is 1.36. The predicted molar refractivity (Wildman–Crippen MR) is 130 cm³/mol. The predicted octanol–water partition coefficient (Wildman–Crippen LogP) is 2.74. The topological polar surface area (TPSA) is 129 Å². The van der Waals surface area contributed by atoms with Gasteiger partial charge in [-0.3, -0.25) is 14.3 Å². The molecule has 0 amide bonds. The van der Waals surface area contributed by atoms with Crippen LogP contribution in [0.1, 0.15) is 11.5 Å². The summed E-state index contributed by atoms with van der Waals surface area (Å²) in [7, 11) is 1.81. The van der Waals surface area contributed by atoms with E-state index in [4.69, 9.17) is 4.42 Å². The van der Waals surface area contributed by atoms with Gasteiger partial charge in [0.25, 0.3) is 11.1 Å². The molecule has 6 aromatic rings. The zero-order valence-electron chi connectivity index (χ0n) is 18.7. The van der Waals surface area contributed by atoms with Crippen molar-refractivity contribution in [3.05, 3.63) is 86.8 Å².